The molecule has 0 spiro atoms. The number of ether oxygens (including phenoxy) is 2. The van der Waals surface area contributed by atoms with Crippen molar-refractivity contribution in [2.24, 2.45) is 0 Å². The van der Waals surface area contributed by atoms with Gasteiger partial charge in [-0.25, -0.2) is 13.2 Å². The lowest BCUT2D eigenvalue weighted by Crippen LogP contribution is -2.34. The molecule has 156 valence electrons. The van der Waals surface area contributed by atoms with Crippen LogP contribution >= 0.6 is 23.2 Å². The van der Waals surface area contributed by atoms with E-state index in [1.165, 1.54) is 24.3 Å². The zero-order valence-corrected chi connectivity index (χ0v) is 16.3. The molecule has 2 aromatic rings. The minimum Gasteiger partial charge on any atom is -0.494 e. The van der Waals surface area contributed by atoms with Crippen molar-refractivity contribution < 1.29 is 36.2 Å². The quantitative estimate of drug-likeness (QED) is 0.246. The Kier molecular flexibility index (Phi) is 5.47. The molecule has 1 aliphatic rings. The maximum absolute atomic E-state index is 14.4. The van der Waals surface area contributed by atoms with E-state index in [-0.39, 0.29) is 18.1 Å². The van der Waals surface area contributed by atoms with Crippen molar-refractivity contribution in [1.29, 1.82) is 0 Å². The van der Waals surface area contributed by atoms with E-state index in [1.54, 1.807) is 6.92 Å². The fourth-order valence-electron chi connectivity index (χ4n) is 2.95. The molecule has 0 aromatic heterocycles. The van der Waals surface area contributed by atoms with Gasteiger partial charge in [-0.05, 0) is 36.8 Å². The minimum absolute atomic E-state index is 0.178. The van der Waals surface area contributed by atoms with Crippen LogP contribution in [0.25, 0.3) is 0 Å². The fraction of sp³-hybridized carbons (Fsp3) is 0.316. The maximum atomic E-state index is 14.4. The third-order valence-corrected chi connectivity index (χ3v) is 5.48. The fourth-order valence-corrected chi connectivity index (χ4v) is 3.73. The van der Waals surface area contributed by atoms with Gasteiger partial charge in [0.1, 0.15) is 21.1 Å². The lowest BCUT2D eigenvalue weighted by atomic mass is 9.96. The average molecular weight is 455 g/mol. The summed E-state index contributed by atoms with van der Waals surface area (Å²) in [5, 5.41) is 0. The molecule has 3 nitrogen and oxygen atoms in total. The summed E-state index contributed by atoms with van der Waals surface area (Å²) in [5.41, 5.74) is -3.31. The van der Waals surface area contributed by atoms with Crippen molar-refractivity contribution in [1.82, 2.24) is 0 Å². The lowest BCUT2D eigenvalue weighted by Gasteiger charge is -2.23. The molecule has 0 amide bonds. The van der Waals surface area contributed by atoms with Gasteiger partial charge in [0, 0.05) is 6.42 Å². The van der Waals surface area contributed by atoms with E-state index in [9.17, 15) is 26.7 Å². The van der Waals surface area contributed by atoms with Gasteiger partial charge in [0.2, 0.25) is 0 Å². The highest BCUT2D eigenvalue weighted by Gasteiger charge is 2.74. The van der Waals surface area contributed by atoms with Crippen LogP contribution in [0, 0.1) is 17.5 Å². The number of hydrogen-bond acceptors (Lipinski definition) is 3. The normalized spacial score (nSPS) is 20.3. The molecule has 0 aliphatic heterocycles. The van der Waals surface area contributed by atoms with E-state index in [4.69, 9.17) is 27.9 Å². The first-order chi connectivity index (χ1) is 13.5. The first-order valence-corrected chi connectivity index (χ1v) is 9.08. The summed E-state index contributed by atoms with van der Waals surface area (Å²) in [6, 6.07) is 6.38. The Balaban J connectivity index is 1.92. The zero-order chi connectivity index (χ0) is 21.6. The Bertz CT molecular complexity index is 950. The summed E-state index contributed by atoms with van der Waals surface area (Å²) in [5.74, 6) is -7.03. The number of benzene rings is 2. The highest BCUT2D eigenvalue weighted by molar-refractivity contribution is 6.54. The van der Waals surface area contributed by atoms with Gasteiger partial charge < -0.3 is 9.47 Å². The second-order valence-electron chi connectivity index (χ2n) is 6.37. The molecule has 1 saturated carbocycles. The van der Waals surface area contributed by atoms with Crippen LogP contribution in [-0.4, -0.2) is 16.9 Å². The maximum Gasteiger partial charge on any atom is 0.431 e. The number of alkyl halides is 4. The largest absolute Gasteiger partial charge is 0.494 e. The van der Waals surface area contributed by atoms with E-state index >= 15 is 0 Å². The number of rotatable bonds is 6. The molecule has 0 heterocycles. The summed E-state index contributed by atoms with van der Waals surface area (Å²) in [7, 11) is 0. The van der Waals surface area contributed by atoms with Crippen molar-refractivity contribution in [2.75, 3.05) is 6.61 Å². The van der Waals surface area contributed by atoms with Crippen molar-refractivity contribution in [2.45, 2.75) is 29.2 Å². The van der Waals surface area contributed by atoms with Crippen LogP contribution < -0.4 is 4.74 Å². The van der Waals surface area contributed by atoms with Crippen molar-refractivity contribution in [3.05, 3.63) is 65.0 Å². The predicted molar refractivity (Wildman–Crippen MR) is 94.6 cm³/mol. The second-order valence-corrected chi connectivity index (χ2v) is 7.86. The van der Waals surface area contributed by atoms with Gasteiger partial charge in [-0.15, -0.1) is 0 Å². The summed E-state index contributed by atoms with van der Waals surface area (Å²) in [4.78, 5) is 12.6. The monoisotopic (exact) mass is 454 g/mol. The van der Waals surface area contributed by atoms with E-state index in [1.807, 2.05) is 0 Å². The molecule has 10 heteroatoms. The van der Waals surface area contributed by atoms with Crippen LogP contribution in [0.1, 0.15) is 24.5 Å². The number of halogens is 7. The van der Waals surface area contributed by atoms with Crippen molar-refractivity contribution in [3.63, 3.8) is 0 Å². The molecule has 1 atom stereocenters. The summed E-state index contributed by atoms with van der Waals surface area (Å²) >= 11 is 12.1. The molecule has 29 heavy (non-hydrogen) atoms. The van der Waals surface area contributed by atoms with Crippen LogP contribution in [-0.2, 0) is 21.1 Å². The molecule has 1 unspecified atom stereocenters. The Morgan fingerprint density at radius 3 is 2.17 bits per heavy atom. The van der Waals surface area contributed by atoms with Crippen LogP contribution in [0.15, 0.2) is 36.4 Å². The van der Waals surface area contributed by atoms with Crippen molar-refractivity contribution >= 4 is 29.2 Å². The second kappa shape index (κ2) is 7.32. The molecule has 0 radical (unpaired) electrons. The Morgan fingerprint density at radius 1 is 1.07 bits per heavy atom. The van der Waals surface area contributed by atoms with Crippen LogP contribution in [0.5, 0.6) is 5.75 Å². The highest BCUT2D eigenvalue weighted by atomic mass is 35.5. The smallest absolute Gasteiger partial charge is 0.431 e. The molecule has 0 N–H and O–H groups in total. The van der Waals surface area contributed by atoms with Crippen LogP contribution in [0.4, 0.5) is 22.0 Å². The molecular weight excluding hydrogens is 442 g/mol. The van der Waals surface area contributed by atoms with Gasteiger partial charge in [-0.2, -0.15) is 8.78 Å². The van der Waals surface area contributed by atoms with Crippen LogP contribution in [0.2, 0.25) is 0 Å². The van der Waals surface area contributed by atoms with Gasteiger partial charge >= 0.3 is 12.1 Å². The number of carbonyl (C=O) groups is 1. The molecular formula is C19H13Cl2F5O3. The molecule has 0 bridgehead atoms. The summed E-state index contributed by atoms with van der Waals surface area (Å²) < 4.78 is 76.6. The standard InChI is InChI=1S/C19H13Cl2F5O3/c1-2-28-11-5-3-10(4-6-11)17(9-18(17,20)21)16(27)29-19(25,26)12-7-8-13(22)15(24)14(12)23/h3-8H,2,9H2,1H3. The molecule has 3 rings (SSSR count). The third kappa shape index (κ3) is 3.64. The zero-order valence-electron chi connectivity index (χ0n) is 14.7. The topological polar surface area (TPSA) is 35.5 Å². The molecule has 1 aliphatic carbocycles. The van der Waals surface area contributed by atoms with Crippen molar-refractivity contribution in [3.8, 4) is 5.75 Å². The minimum atomic E-state index is -4.60. The average Bonchev–Trinajstić information content (AvgIpc) is 3.24. The first-order valence-electron chi connectivity index (χ1n) is 8.32. The molecule has 1 fully saturated rings. The Labute approximate surface area is 172 Å². The lowest BCUT2D eigenvalue weighted by molar-refractivity contribution is -0.244. The first kappa shape index (κ1) is 21.6. The summed E-state index contributed by atoms with van der Waals surface area (Å²) in [6.07, 6.45) is -4.84. The van der Waals surface area contributed by atoms with Gasteiger partial charge in [-0.1, -0.05) is 35.3 Å². The van der Waals surface area contributed by atoms with E-state index in [0.717, 1.165) is 0 Å². The van der Waals surface area contributed by atoms with E-state index < -0.39 is 44.8 Å². The number of hydrogen-bond donors (Lipinski definition) is 0. The highest BCUT2D eigenvalue weighted by Crippen LogP contribution is 2.66. The van der Waals surface area contributed by atoms with E-state index in [0.29, 0.717) is 18.4 Å². The van der Waals surface area contributed by atoms with E-state index in [2.05, 4.69) is 4.74 Å². The van der Waals surface area contributed by atoms with Crippen LogP contribution in [0.3, 0.4) is 0 Å². The number of carbonyl (C=O) groups excluding carboxylic acids is 1. The predicted octanol–water partition coefficient (Wildman–Crippen LogP) is 5.61. The summed E-state index contributed by atoms with van der Waals surface area (Å²) in [6.45, 7) is 2.14. The Morgan fingerprint density at radius 2 is 1.66 bits per heavy atom. The third-order valence-electron chi connectivity index (χ3n) is 4.56. The van der Waals surface area contributed by atoms with Gasteiger partial charge in [0.05, 0.1) is 6.61 Å². The SMILES string of the molecule is CCOc1ccc(C2(C(=O)OC(F)(F)c3ccc(F)c(F)c3F)CC2(Cl)Cl)cc1. The molecule has 2 aromatic carbocycles. The van der Waals surface area contributed by atoms with Gasteiger partial charge in [-0.3, -0.25) is 4.79 Å². The number of esters is 1. The molecule has 0 saturated heterocycles. The Hall–Kier alpha value is -2.06. The van der Waals surface area contributed by atoms with Gasteiger partial charge in [0.15, 0.2) is 17.5 Å². The van der Waals surface area contributed by atoms with Gasteiger partial charge in [0.25, 0.3) is 0 Å².